The molecule has 1 heterocycles. The minimum atomic E-state index is -0.135. The molecule has 0 saturated heterocycles. The van der Waals surface area contributed by atoms with Crippen molar-refractivity contribution >= 4 is 11.4 Å². The third kappa shape index (κ3) is 0.932. The highest BCUT2D eigenvalue weighted by Gasteiger charge is 2.16. The van der Waals surface area contributed by atoms with Gasteiger partial charge in [0.15, 0.2) is 0 Å². The molecule has 1 N–H and O–H groups in total. The van der Waals surface area contributed by atoms with Crippen molar-refractivity contribution in [2.75, 3.05) is 23.9 Å². The van der Waals surface area contributed by atoms with Crippen LogP contribution in [0.5, 0.6) is 0 Å². The van der Waals surface area contributed by atoms with Crippen LogP contribution < -0.4 is 10.2 Å². The van der Waals surface area contributed by atoms with Gasteiger partial charge in [0.25, 0.3) is 0 Å². The summed E-state index contributed by atoms with van der Waals surface area (Å²) in [5, 5.41) is 3.18. The first-order valence-electron chi connectivity index (χ1n) is 3.93. The molecule has 0 radical (unpaired) electrons. The van der Waals surface area contributed by atoms with Gasteiger partial charge in [-0.1, -0.05) is 0 Å². The molecule has 2 nitrogen and oxygen atoms in total. The van der Waals surface area contributed by atoms with Crippen LogP contribution in [-0.4, -0.2) is 13.7 Å². The van der Waals surface area contributed by atoms with Gasteiger partial charge in [0.1, 0.15) is 5.82 Å². The zero-order chi connectivity index (χ0) is 8.72. The standard InChI is InChI=1S/C9H11FN2/c1-6-3-8-9(4-7(6)10)12(2)5-11-8/h3-4,11H,5H2,1-2H3. The number of aryl methyl sites for hydroxylation is 1. The topological polar surface area (TPSA) is 15.3 Å². The molecule has 0 aliphatic carbocycles. The Labute approximate surface area is 71.0 Å². The molecule has 0 saturated carbocycles. The van der Waals surface area contributed by atoms with Gasteiger partial charge in [-0.2, -0.15) is 0 Å². The number of fused-ring (bicyclic) bond motifs is 1. The fraction of sp³-hybridized carbons (Fsp3) is 0.333. The molecular formula is C9H11FN2. The van der Waals surface area contributed by atoms with E-state index >= 15 is 0 Å². The number of rotatable bonds is 0. The molecule has 64 valence electrons. The van der Waals surface area contributed by atoms with Crippen LogP contribution in [0.4, 0.5) is 15.8 Å². The maximum absolute atomic E-state index is 13.1. The van der Waals surface area contributed by atoms with Crippen LogP contribution in [0.2, 0.25) is 0 Å². The van der Waals surface area contributed by atoms with E-state index in [1.165, 1.54) is 0 Å². The quantitative estimate of drug-likeness (QED) is 0.633. The van der Waals surface area contributed by atoms with E-state index in [1.807, 2.05) is 18.0 Å². The van der Waals surface area contributed by atoms with Gasteiger partial charge in [-0.3, -0.25) is 0 Å². The van der Waals surface area contributed by atoms with Gasteiger partial charge >= 0.3 is 0 Å². The smallest absolute Gasteiger partial charge is 0.128 e. The monoisotopic (exact) mass is 166 g/mol. The first kappa shape index (κ1) is 7.40. The predicted octanol–water partition coefficient (Wildman–Crippen LogP) is 1.95. The summed E-state index contributed by atoms with van der Waals surface area (Å²) in [4.78, 5) is 1.98. The largest absolute Gasteiger partial charge is 0.366 e. The van der Waals surface area contributed by atoms with E-state index in [0.29, 0.717) is 5.56 Å². The van der Waals surface area contributed by atoms with Crippen LogP contribution in [0.25, 0.3) is 0 Å². The van der Waals surface area contributed by atoms with Gasteiger partial charge in [-0.05, 0) is 24.6 Å². The summed E-state index contributed by atoms with van der Waals surface area (Å²) in [6.07, 6.45) is 0. The lowest BCUT2D eigenvalue weighted by molar-refractivity contribution is 0.619. The summed E-state index contributed by atoms with van der Waals surface area (Å²) in [5.41, 5.74) is 2.66. The second-order valence-electron chi connectivity index (χ2n) is 3.15. The molecule has 0 spiro atoms. The summed E-state index contributed by atoms with van der Waals surface area (Å²) in [5.74, 6) is -0.135. The SMILES string of the molecule is Cc1cc2c(cc1F)N(C)CN2. The number of hydrogen-bond acceptors (Lipinski definition) is 2. The van der Waals surface area contributed by atoms with Crippen LogP contribution in [0.3, 0.4) is 0 Å². The first-order chi connectivity index (χ1) is 5.68. The third-order valence-electron chi connectivity index (χ3n) is 2.19. The minimum Gasteiger partial charge on any atom is -0.366 e. The minimum absolute atomic E-state index is 0.135. The van der Waals surface area contributed by atoms with E-state index in [-0.39, 0.29) is 5.82 Å². The average molecular weight is 166 g/mol. The molecule has 0 unspecified atom stereocenters. The van der Waals surface area contributed by atoms with Crippen molar-refractivity contribution in [3.8, 4) is 0 Å². The van der Waals surface area contributed by atoms with Gasteiger partial charge in [-0.25, -0.2) is 4.39 Å². The van der Waals surface area contributed by atoms with Gasteiger partial charge in [-0.15, -0.1) is 0 Å². The van der Waals surface area contributed by atoms with Crippen LogP contribution in [-0.2, 0) is 0 Å². The Balaban J connectivity index is 2.56. The van der Waals surface area contributed by atoms with Crippen molar-refractivity contribution in [1.29, 1.82) is 0 Å². The molecule has 0 fully saturated rings. The second-order valence-corrected chi connectivity index (χ2v) is 3.15. The molecule has 1 aliphatic heterocycles. The van der Waals surface area contributed by atoms with Gasteiger partial charge < -0.3 is 10.2 Å². The molecule has 0 bridgehead atoms. The van der Waals surface area contributed by atoms with Crippen LogP contribution in [0.15, 0.2) is 12.1 Å². The first-order valence-corrected chi connectivity index (χ1v) is 3.93. The van der Waals surface area contributed by atoms with E-state index in [2.05, 4.69) is 5.32 Å². The van der Waals surface area contributed by atoms with Crippen molar-refractivity contribution in [3.05, 3.63) is 23.5 Å². The summed E-state index contributed by atoms with van der Waals surface area (Å²) in [6, 6.07) is 3.42. The molecule has 3 heteroatoms. The molecule has 0 amide bonds. The third-order valence-corrected chi connectivity index (χ3v) is 2.19. The van der Waals surface area contributed by atoms with Crippen molar-refractivity contribution < 1.29 is 4.39 Å². The van der Waals surface area contributed by atoms with E-state index in [1.54, 1.807) is 13.0 Å². The van der Waals surface area contributed by atoms with Crippen LogP contribution in [0.1, 0.15) is 5.56 Å². The fourth-order valence-electron chi connectivity index (χ4n) is 1.42. The summed E-state index contributed by atoms with van der Waals surface area (Å²) >= 11 is 0. The van der Waals surface area contributed by atoms with Crippen molar-refractivity contribution in [1.82, 2.24) is 0 Å². The van der Waals surface area contributed by atoms with E-state index < -0.39 is 0 Å². The summed E-state index contributed by atoms with van der Waals surface area (Å²) in [6.45, 7) is 2.54. The van der Waals surface area contributed by atoms with Gasteiger partial charge in [0, 0.05) is 7.05 Å². The van der Waals surface area contributed by atoms with Gasteiger partial charge in [0.05, 0.1) is 18.0 Å². The molecule has 0 aromatic heterocycles. The molecule has 12 heavy (non-hydrogen) atoms. The Hall–Kier alpha value is -1.25. The van der Waals surface area contributed by atoms with Crippen molar-refractivity contribution in [3.63, 3.8) is 0 Å². The van der Waals surface area contributed by atoms with E-state index in [4.69, 9.17) is 0 Å². The van der Waals surface area contributed by atoms with Gasteiger partial charge in [0.2, 0.25) is 0 Å². The zero-order valence-corrected chi connectivity index (χ0v) is 7.19. The number of anilines is 2. The molecule has 2 rings (SSSR count). The second kappa shape index (κ2) is 2.37. The number of hydrogen-bond donors (Lipinski definition) is 1. The molecular weight excluding hydrogens is 155 g/mol. The van der Waals surface area contributed by atoms with Crippen molar-refractivity contribution in [2.45, 2.75) is 6.92 Å². The number of nitrogens with one attached hydrogen (secondary N) is 1. The van der Waals surface area contributed by atoms with E-state index in [0.717, 1.165) is 18.0 Å². The molecule has 1 aromatic carbocycles. The van der Waals surface area contributed by atoms with Crippen LogP contribution in [0, 0.1) is 12.7 Å². The number of halogens is 1. The van der Waals surface area contributed by atoms with Crippen LogP contribution >= 0.6 is 0 Å². The predicted molar refractivity (Wildman–Crippen MR) is 48.0 cm³/mol. The normalized spacial score (nSPS) is 14.4. The number of benzene rings is 1. The highest BCUT2D eigenvalue weighted by atomic mass is 19.1. The Bertz CT molecular complexity index is 323. The fourth-order valence-corrected chi connectivity index (χ4v) is 1.42. The Morgan fingerprint density at radius 2 is 2.25 bits per heavy atom. The number of nitrogens with zero attached hydrogens (tertiary/aromatic N) is 1. The highest BCUT2D eigenvalue weighted by Crippen LogP contribution is 2.31. The Morgan fingerprint density at radius 1 is 1.50 bits per heavy atom. The summed E-state index contributed by atoms with van der Waals surface area (Å²) < 4.78 is 13.1. The molecule has 0 atom stereocenters. The lowest BCUT2D eigenvalue weighted by atomic mass is 10.2. The Morgan fingerprint density at radius 3 is 3.00 bits per heavy atom. The van der Waals surface area contributed by atoms with E-state index in [9.17, 15) is 4.39 Å². The zero-order valence-electron chi connectivity index (χ0n) is 7.19. The molecule has 1 aromatic rings. The van der Waals surface area contributed by atoms with Crippen molar-refractivity contribution in [2.24, 2.45) is 0 Å². The molecule has 1 aliphatic rings. The lowest BCUT2D eigenvalue weighted by Gasteiger charge is -2.09. The highest BCUT2D eigenvalue weighted by molar-refractivity contribution is 5.75. The summed E-state index contributed by atoms with van der Waals surface area (Å²) in [7, 11) is 1.94. The average Bonchev–Trinajstić information content (AvgIpc) is 2.35. The Kier molecular flexibility index (Phi) is 1.46. The maximum atomic E-state index is 13.1. The maximum Gasteiger partial charge on any atom is 0.128 e. The lowest BCUT2D eigenvalue weighted by Crippen LogP contribution is -2.15.